The molecule has 0 amide bonds. The summed E-state index contributed by atoms with van der Waals surface area (Å²) in [7, 11) is 0. The predicted octanol–water partition coefficient (Wildman–Crippen LogP) is 1.52. The molecule has 0 radical (unpaired) electrons. The lowest BCUT2D eigenvalue weighted by Crippen LogP contribution is -1.95. The first-order chi connectivity index (χ1) is 7.63. The fourth-order valence-electron chi connectivity index (χ4n) is 1.12. The van der Waals surface area contributed by atoms with Gasteiger partial charge in [-0.25, -0.2) is 4.79 Å². The zero-order chi connectivity index (χ0) is 12.0. The number of aliphatic hydroxyl groups excluding tert-OH is 1. The van der Waals surface area contributed by atoms with Gasteiger partial charge in [0.2, 0.25) is 0 Å². The summed E-state index contributed by atoms with van der Waals surface area (Å²) in [6.07, 6.45) is 1.59. The maximum Gasteiger partial charge on any atom is 0.331 e. The van der Waals surface area contributed by atoms with Crippen LogP contribution in [0.4, 0.5) is 0 Å². The SMILES string of the molecule is C/C(=C\c1ccc(C#CCO)cc1)C(=O)O. The van der Waals surface area contributed by atoms with Crippen LogP contribution in [-0.4, -0.2) is 22.8 Å². The van der Waals surface area contributed by atoms with Gasteiger partial charge in [-0.05, 0) is 30.7 Å². The first-order valence-corrected chi connectivity index (χ1v) is 4.75. The highest BCUT2D eigenvalue weighted by Crippen LogP contribution is 2.08. The quantitative estimate of drug-likeness (QED) is 0.582. The summed E-state index contributed by atoms with van der Waals surface area (Å²) < 4.78 is 0. The normalized spacial score (nSPS) is 10.5. The van der Waals surface area contributed by atoms with E-state index in [1.165, 1.54) is 0 Å². The Balaban J connectivity index is 2.87. The van der Waals surface area contributed by atoms with Crippen LogP contribution in [0.2, 0.25) is 0 Å². The van der Waals surface area contributed by atoms with Gasteiger partial charge in [0, 0.05) is 11.1 Å². The highest BCUT2D eigenvalue weighted by Gasteiger charge is 1.99. The van der Waals surface area contributed by atoms with Gasteiger partial charge < -0.3 is 10.2 Å². The molecule has 0 fully saturated rings. The van der Waals surface area contributed by atoms with E-state index < -0.39 is 5.97 Å². The molecular weight excluding hydrogens is 204 g/mol. The number of hydrogen-bond donors (Lipinski definition) is 2. The minimum Gasteiger partial charge on any atom is -0.478 e. The van der Waals surface area contributed by atoms with Gasteiger partial charge in [0.25, 0.3) is 0 Å². The van der Waals surface area contributed by atoms with E-state index in [1.54, 1.807) is 37.3 Å². The molecule has 0 bridgehead atoms. The van der Waals surface area contributed by atoms with Crippen molar-refractivity contribution >= 4 is 12.0 Å². The van der Waals surface area contributed by atoms with Crippen LogP contribution >= 0.6 is 0 Å². The van der Waals surface area contributed by atoms with Gasteiger partial charge in [-0.2, -0.15) is 0 Å². The summed E-state index contributed by atoms with van der Waals surface area (Å²) >= 11 is 0. The molecule has 82 valence electrons. The number of benzene rings is 1. The second-order valence-corrected chi connectivity index (χ2v) is 3.21. The molecule has 0 aromatic heterocycles. The minimum absolute atomic E-state index is 0.167. The number of carboxylic acid groups (broad SMARTS) is 1. The van der Waals surface area contributed by atoms with Crippen molar-refractivity contribution in [3.8, 4) is 11.8 Å². The molecule has 0 unspecified atom stereocenters. The molecule has 2 N–H and O–H groups in total. The molecule has 0 atom stereocenters. The van der Waals surface area contributed by atoms with E-state index in [0.717, 1.165) is 11.1 Å². The summed E-state index contributed by atoms with van der Waals surface area (Å²) in [5, 5.41) is 17.2. The molecule has 3 heteroatoms. The van der Waals surface area contributed by atoms with Crippen LogP contribution in [0.3, 0.4) is 0 Å². The number of hydrogen-bond acceptors (Lipinski definition) is 2. The van der Waals surface area contributed by atoms with E-state index in [1.807, 2.05) is 0 Å². The van der Waals surface area contributed by atoms with Gasteiger partial charge in [-0.3, -0.25) is 0 Å². The van der Waals surface area contributed by atoms with Crippen molar-refractivity contribution in [2.24, 2.45) is 0 Å². The molecule has 0 aliphatic rings. The lowest BCUT2D eigenvalue weighted by molar-refractivity contribution is -0.132. The van der Waals surface area contributed by atoms with Crippen LogP contribution < -0.4 is 0 Å². The maximum atomic E-state index is 10.6. The molecule has 1 rings (SSSR count). The summed E-state index contributed by atoms with van der Waals surface area (Å²) in [5.41, 5.74) is 1.89. The third-order valence-electron chi connectivity index (χ3n) is 1.94. The van der Waals surface area contributed by atoms with Crippen molar-refractivity contribution in [2.45, 2.75) is 6.92 Å². The van der Waals surface area contributed by atoms with Gasteiger partial charge in [0.05, 0.1) is 0 Å². The molecule has 3 nitrogen and oxygen atoms in total. The fourth-order valence-corrected chi connectivity index (χ4v) is 1.12. The van der Waals surface area contributed by atoms with Crippen molar-refractivity contribution in [2.75, 3.05) is 6.61 Å². The lowest BCUT2D eigenvalue weighted by Gasteiger charge is -1.96. The summed E-state index contributed by atoms with van der Waals surface area (Å²) in [5.74, 6) is 4.37. The van der Waals surface area contributed by atoms with Gasteiger partial charge in [0.1, 0.15) is 6.61 Å². The maximum absolute atomic E-state index is 10.6. The van der Waals surface area contributed by atoms with Crippen molar-refractivity contribution in [3.63, 3.8) is 0 Å². The van der Waals surface area contributed by atoms with Gasteiger partial charge in [-0.1, -0.05) is 24.0 Å². The number of aliphatic carboxylic acids is 1. The third kappa shape index (κ3) is 3.60. The second kappa shape index (κ2) is 5.74. The third-order valence-corrected chi connectivity index (χ3v) is 1.94. The molecule has 0 saturated carbocycles. The van der Waals surface area contributed by atoms with E-state index in [-0.39, 0.29) is 12.2 Å². The highest BCUT2D eigenvalue weighted by molar-refractivity contribution is 5.91. The smallest absolute Gasteiger partial charge is 0.331 e. The molecule has 0 aliphatic carbocycles. The van der Waals surface area contributed by atoms with Crippen LogP contribution in [0.15, 0.2) is 29.8 Å². The molecule has 1 aromatic carbocycles. The molecular formula is C13H12O3. The molecule has 0 saturated heterocycles. The Kier molecular flexibility index (Phi) is 4.31. The summed E-state index contributed by atoms with van der Waals surface area (Å²) in [6.45, 7) is 1.38. The predicted molar refractivity (Wildman–Crippen MR) is 61.7 cm³/mol. The van der Waals surface area contributed by atoms with E-state index >= 15 is 0 Å². The van der Waals surface area contributed by atoms with Gasteiger partial charge in [0.15, 0.2) is 0 Å². The molecule has 0 spiro atoms. The van der Waals surface area contributed by atoms with E-state index in [2.05, 4.69) is 11.8 Å². The monoisotopic (exact) mass is 216 g/mol. The van der Waals surface area contributed by atoms with Crippen LogP contribution in [0.1, 0.15) is 18.1 Å². The van der Waals surface area contributed by atoms with E-state index in [0.29, 0.717) is 0 Å². The average Bonchev–Trinajstić information content (AvgIpc) is 2.28. The Hall–Kier alpha value is -2.05. The van der Waals surface area contributed by atoms with Crippen LogP contribution in [-0.2, 0) is 4.79 Å². The number of carbonyl (C=O) groups is 1. The number of aliphatic hydroxyl groups is 1. The summed E-state index contributed by atoms with van der Waals surface area (Å²) in [6, 6.07) is 7.13. The Morgan fingerprint density at radius 2 is 2.00 bits per heavy atom. The Morgan fingerprint density at radius 3 is 2.50 bits per heavy atom. The minimum atomic E-state index is -0.927. The highest BCUT2D eigenvalue weighted by atomic mass is 16.4. The van der Waals surface area contributed by atoms with Crippen LogP contribution in [0.25, 0.3) is 6.08 Å². The van der Waals surface area contributed by atoms with Gasteiger partial charge in [-0.15, -0.1) is 0 Å². The first-order valence-electron chi connectivity index (χ1n) is 4.75. The van der Waals surface area contributed by atoms with Crippen molar-refractivity contribution in [3.05, 3.63) is 41.0 Å². The molecule has 0 heterocycles. The molecule has 0 aliphatic heterocycles. The van der Waals surface area contributed by atoms with E-state index in [9.17, 15) is 4.79 Å². The average molecular weight is 216 g/mol. The lowest BCUT2D eigenvalue weighted by atomic mass is 10.1. The van der Waals surface area contributed by atoms with Crippen LogP contribution in [0, 0.1) is 11.8 Å². The molecule has 16 heavy (non-hydrogen) atoms. The number of rotatable bonds is 2. The van der Waals surface area contributed by atoms with E-state index in [4.69, 9.17) is 10.2 Å². The second-order valence-electron chi connectivity index (χ2n) is 3.21. The van der Waals surface area contributed by atoms with Crippen molar-refractivity contribution < 1.29 is 15.0 Å². The van der Waals surface area contributed by atoms with Gasteiger partial charge >= 0.3 is 5.97 Å². The number of carboxylic acids is 1. The topological polar surface area (TPSA) is 57.5 Å². The molecule has 1 aromatic rings. The Labute approximate surface area is 94.0 Å². The zero-order valence-corrected chi connectivity index (χ0v) is 8.90. The summed E-state index contributed by atoms with van der Waals surface area (Å²) in [4.78, 5) is 10.6. The largest absolute Gasteiger partial charge is 0.478 e. The van der Waals surface area contributed by atoms with Crippen molar-refractivity contribution in [1.82, 2.24) is 0 Å². The standard InChI is InChI=1S/C13H12O3/c1-10(13(15)16)9-12-6-4-11(5-7-12)3-2-8-14/h4-7,9,14H,8H2,1H3,(H,15,16)/b10-9+. The Morgan fingerprint density at radius 1 is 1.38 bits per heavy atom. The fraction of sp³-hybridized carbons (Fsp3) is 0.154. The zero-order valence-electron chi connectivity index (χ0n) is 8.90. The van der Waals surface area contributed by atoms with Crippen LogP contribution in [0.5, 0.6) is 0 Å². The Bertz CT molecular complexity index is 458. The van der Waals surface area contributed by atoms with Crippen molar-refractivity contribution in [1.29, 1.82) is 0 Å². The first kappa shape index (κ1) is 12.0.